The summed E-state index contributed by atoms with van der Waals surface area (Å²) in [6.45, 7) is 12.4. The van der Waals surface area contributed by atoms with E-state index >= 15 is 0 Å². The summed E-state index contributed by atoms with van der Waals surface area (Å²) >= 11 is 0. The number of hydrogen-bond donors (Lipinski definition) is 1. The molecule has 0 bridgehead atoms. The van der Waals surface area contributed by atoms with Gasteiger partial charge in [-0.1, -0.05) is 70.2 Å². The fraction of sp³-hybridized carbons (Fsp3) is 0.462. The summed E-state index contributed by atoms with van der Waals surface area (Å²) < 4.78 is 5.76. The molecule has 0 aromatic heterocycles. The molecule has 31 heavy (non-hydrogen) atoms. The third kappa shape index (κ3) is 7.42. The highest BCUT2D eigenvalue weighted by Crippen LogP contribution is 2.24. The van der Waals surface area contributed by atoms with Crippen LogP contribution in [0.15, 0.2) is 54.6 Å². The number of hydrogen-bond acceptors (Lipinski definition) is 3. The van der Waals surface area contributed by atoms with Crippen LogP contribution < -0.4 is 10.1 Å². The van der Waals surface area contributed by atoms with Crippen molar-refractivity contribution in [3.8, 4) is 5.75 Å². The van der Waals surface area contributed by atoms with Crippen molar-refractivity contribution in [3.63, 3.8) is 0 Å². The van der Waals surface area contributed by atoms with Crippen molar-refractivity contribution in [2.45, 2.75) is 72.0 Å². The van der Waals surface area contributed by atoms with Crippen LogP contribution in [0.1, 0.15) is 59.1 Å². The van der Waals surface area contributed by atoms with E-state index < -0.39 is 6.04 Å². The molecule has 0 unspecified atom stereocenters. The SMILES string of the molecule is CC[C@H](C)NC(=O)[C@@H](C)N(Cc1ccccc1)C(=O)COc1ccc(C(C)(C)C)cc1. The van der Waals surface area contributed by atoms with Crippen LogP contribution in [0.25, 0.3) is 0 Å². The van der Waals surface area contributed by atoms with Crippen LogP contribution in [0.2, 0.25) is 0 Å². The predicted octanol–water partition coefficient (Wildman–Crippen LogP) is 4.69. The molecule has 0 aliphatic heterocycles. The van der Waals surface area contributed by atoms with Gasteiger partial charge in [0.15, 0.2) is 6.61 Å². The maximum absolute atomic E-state index is 13.1. The van der Waals surface area contributed by atoms with E-state index in [1.54, 1.807) is 11.8 Å². The van der Waals surface area contributed by atoms with E-state index in [-0.39, 0.29) is 29.9 Å². The van der Waals surface area contributed by atoms with E-state index in [0.29, 0.717) is 12.3 Å². The van der Waals surface area contributed by atoms with Crippen molar-refractivity contribution >= 4 is 11.8 Å². The molecule has 2 aromatic rings. The molecule has 0 spiro atoms. The molecule has 2 rings (SSSR count). The van der Waals surface area contributed by atoms with Gasteiger partial charge < -0.3 is 15.0 Å². The van der Waals surface area contributed by atoms with E-state index in [0.717, 1.165) is 12.0 Å². The smallest absolute Gasteiger partial charge is 0.261 e. The summed E-state index contributed by atoms with van der Waals surface area (Å²) in [5, 5.41) is 2.97. The van der Waals surface area contributed by atoms with Gasteiger partial charge in [0, 0.05) is 12.6 Å². The van der Waals surface area contributed by atoms with Crippen LogP contribution in [0.5, 0.6) is 5.75 Å². The highest BCUT2D eigenvalue weighted by atomic mass is 16.5. The van der Waals surface area contributed by atoms with Gasteiger partial charge in [-0.05, 0) is 48.9 Å². The minimum Gasteiger partial charge on any atom is -0.484 e. The molecule has 0 fully saturated rings. The fourth-order valence-corrected chi connectivity index (χ4v) is 3.11. The zero-order valence-electron chi connectivity index (χ0n) is 19.6. The lowest BCUT2D eigenvalue weighted by molar-refractivity contribution is -0.142. The number of amides is 2. The molecule has 168 valence electrons. The first-order valence-corrected chi connectivity index (χ1v) is 11.0. The Morgan fingerprint density at radius 2 is 1.61 bits per heavy atom. The van der Waals surface area contributed by atoms with Crippen LogP contribution in [-0.4, -0.2) is 35.4 Å². The Labute approximate surface area is 186 Å². The first-order chi connectivity index (χ1) is 14.6. The minimum absolute atomic E-state index is 0.0548. The third-order valence-electron chi connectivity index (χ3n) is 5.45. The molecule has 0 aliphatic carbocycles. The van der Waals surface area contributed by atoms with Crippen LogP contribution in [-0.2, 0) is 21.5 Å². The quantitative estimate of drug-likeness (QED) is 0.635. The second kappa shape index (κ2) is 11.0. The molecular weight excluding hydrogens is 388 g/mol. The Hall–Kier alpha value is -2.82. The molecule has 0 heterocycles. The standard InChI is InChI=1S/C26H36N2O3/c1-7-19(2)27-25(30)20(3)28(17-21-11-9-8-10-12-21)24(29)18-31-23-15-13-22(14-16-23)26(4,5)6/h8-16,19-20H,7,17-18H2,1-6H3,(H,27,30)/t19-,20+/m0/s1. The molecule has 0 aliphatic rings. The minimum atomic E-state index is -0.603. The van der Waals surface area contributed by atoms with E-state index in [4.69, 9.17) is 4.74 Å². The summed E-state index contributed by atoms with van der Waals surface area (Å²) in [6.07, 6.45) is 0.832. The number of nitrogens with zero attached hydrogens (tertiary/aromatic N) is 1. The molecular formula is C26H36N2O3. The van der Waals surface area contributed by atoms with Crippen molar-refractivity contribution < 1.29 is 14.3 Å². The van der Waals surface area contributed by atoms with Gasteiger partial charge in [-0.25, -0.2) is 0 Å². The van der Waals surface area contributed by atoms with Crippen molar-refractivity contribution in [2.24, 2.45) is 0 Å². The Kier molecular flexibility index (Phi) is 8.66. The molecule has 0 saturated carbocycles. The van der Waals surface area contributed by atoms with Crippen LogP contribution >= 0.6 is 0 Å². The van der Waals surface area contributed by atoms with Crippen LogP contribution in [0, 0.1) is 0 Å². The van der Waals surface area contributed by atoms with Gasteiger partial charge >= 0.3 is 0 Å². The van der Waals surface area contributed by atoms with Gasteiger partial charge in [0.1, 0.15) is 11.8 Å². The van der Waals surface area contributed by atoms with Crippen molar-refractivity contribution in [2.75, 3.05) is 6.61 Å². The maximum atomic E-state index is 13.1. The lowest BCUT2D eigenvalue weighted by Crippen LogP contribution is -2.50. The maximum Gasteiger partial charge on any atom is 0.261 e. The first kappa shape index (κ1) is 24.4. The first-order valence-electron chi connectivity index (χ1n) is 11.0. The highest BCUT2D eigenvalue weighted by Gasteiger charge is 2.27. The number of carbonyl (C=O) groups is 2. The Balaban J connectivity index is 2.10. The van der Waals surface area contributed by atoms with Crippen molar-refractivity contribution in [1.82, 2.24) is 10.2 Å². The van der Waals surface area contributed by atoms with E-state index in [2.05, 4.69) is 26.1 Å². The van der Waals surface area contributed by atoms with Gasteiger partial charge in [-0.2, -0.15) is 0 Å². The fourth-order valence-electron chi connectivity index (χ4n) is 3.11. The predicted molar refractivity (Wildman–Crippen MR) is 125 cm³/mol. The van der Waals surface area contributed by atoms with E-state index in [1.807, 2.05) is 68.4 Å². The van der Waals surface area contributed by atoms with Crippen LogP contribution in [0.3, 0.4) is 0 Å². The summed E-state index contributed by atoms with van der Waals surface area (Å²) in [5.41, 5.74) is 2.22. The van der Waals surface area contributed by atoms with E-state index in [9.17, 15) is 9.59 Å². The number of nitrogens with one attached hydrogen (secondary N) is 1. The topological polar surface area (TPSA) is 58.6 Å². The average Bonchev–Trinajstić information content (AvgIpc) is 2.75. The Morgan fingerprint density at radius 1 is 1.00 bits per heavy atom. The van der Waals surface area contributed by atoms with Gasteiger partial charge in [-0.15, -0.1) is 0 Å². The Morgan fingerprint density at radius 3 is 2.16 bits per heavy atom. The molecule has 2 aromatic carbocycles. The number of rotatable bonds is 9. The number of benzene rings is 2. The lowest BCUT2D eigenvalue weighted by atomic mass is 9.87. The highest BCUT2D eigenvalue weighted by molar-refractivity contribution is 5.88. The Bertz CT molecular complexity index is 841. The van der Waals surface area contributed by atoms with Crippen LogP contribution in [0.4, 0.5) is 0 Å². The van der Waals surface area contributed by atoms with Gasteiger partial charge in [0.25, 0.3) is 5.91 Å². The molecule has 0 radical (unpaired) electrons. The molecule has 2 amide bonds. The summed E-state index contributed by atoms with van der Waals surface area (Å²) in [7, 11) is 0. The normalized spacial score (nSPS) is 13.2. The molecule has 0 saturated heterocycles. The van der Waals surface area contributed by atoms with E-state index in [1.165, 1.54) is 5.56 Å². The average molecular weight is 425 g/mol. The number of ether oxygens (including phenoxy) is 1. The molecule has 5 nitrogen and oxygen atoms in total. The zero-order chi connectivity index (χ0) is 23.0. The lowest BCUT2D eigenvalue weighted by Gasteiger charge is -2.29. The zero-order valence-corrected chi connectivity index (χ0v) is 19.6. The second-order valence-corrected chi connectivity index (χ2v) is 9.06. The van der Waals surface area contributed by atoms with Gasteiger partial charge in [0.2, 0.25) is 5.91 Å². The molecule has 2 atom stereocenters. The van der Waals surface area contributed by atoms with Crippen molar-refractivity contribution in [3.05, 3.63) is 65.7 Å². The number of carbonyl (C=O) groups excluding carboxylic acids is 2. The monoisotopic (exact) mass is 424 g/mol. The third-order valence-corrected chi connectivity index (χ3v) is 5.45. The summed E-state index contributed by atoms with van der Waals surface area (Å²) in [5.74, 6) is 0.251. The van der Waals surface area contributed by atoms with Gasteiger partial charge in [-0.3, -0.25) is 9.59 Å². The van der Waals surface area contributed by atoms with Crippen molar-refractivity contribution in [1.29, 1.82) is 0 Å². The molecule has 5 heteroatoms. The molecule has 1 N–H and O–H groups in total. The largest absolute Gasteiger partial charge is 0.484 e. The summed E-state index contributed by atoms with van der Waals surface area (Å²) in [4.78, 5) is 27.4. The van der Waals surface area contributed by atoms with Gasteiger partial charge in [0.05, 0.1) is 0 Å². The summed E-state index contributed by atoms with van der Waals surface area (Å²) in [6, 6.07) is 16.9. The second-order valence-electron chi connectivity index (χ2n) is 9.06.